The summed E-state index contributed by atoms with van der Waals surface area (Å²) in [5.74, 6) is 1.23. The molecule has 1 spiro atoms. The Morgan fingerprint density at radius 3 is 2.88 bits per heavy atom. The molecule has 5 atom stereocenters. The van der Waals surface area contributed by atoms with Gasteiger partial charge in [0.1, 0.15) is 11.5 Å². The number of aliphatic hydroxyl groups excluding tert-OH is 1. The van der Waals surface area contributed by atoms with Crippen molar-refractivity contribution in [3.05, 3.63) is 29.3 Å². The Balaban J connectivity index is 1.52. The van der Waals surface area contributed by atoms with Crippen LogP contribution in [0.3, 0.4) is 0 Å². The van der Waals surface area contributed by atoms with Crippen molar-refractivity contribution in [1.82, 2.24) is 4.90 Å². The minimum Gasteiger partial charge on any atom is -0.508 e. The highest BCUT2D eigenvalue weighted by molar-refractivity contribution is 5.86. The Hall–Kier alpha value is -1.39. The molecule has 4 fully saturated rings. The van der Waals surface area contributed by atoms with Crippen molar-refractivity contribution >= 4 is 5.78 Å². The van der Waals surface area contributed by atoms with E-state index < -0.39 is 6.10 Å². The fourth-order valence-electron chi connectivity index (χ4n) is 7.27. The molecule has 2 N–H and O–H groups in total. The minimum atomic E-state index is -0.479. The van der Waals surface area contributed by atoms with Gasteiger partial charge in [-0.1, -0.05) is 6.07 Å². The van der Waals surface area contributed by atoms with Gasteiger partial charge in [-0.15, -0.1) is 0 Å². The molecule has 1 aliphatic heterocycles. The van der Waals surface area contributed by atoms with Gasteiger partial charge in [-0.3, -0.25) is 9.69 Å². The number of carbonyl (C=O) groups excluding carboxylic acids is 1. The summed E-state index contributed by atoms with van der Waals surface area (Å²) < 4.78 is 0. The van der Waals surface area contributed by atoms with E-state index in [1.165, 1.54) is 24.0 Å². The number of hydrogen-bond acceptors (Lipinski definition) is 4. The molecule has 0 unspecified atom stereocenters. The predicted octanol–water partition coefficient (Wildman–Crippen LogP) is 2.40. The number of phenolic OH excluding ortho intramolecular Hbond substituents is 1. The molecule has 0 amide bonds. The summed E-state index contributed by atoms with van der Waals surface area (Å²) in [6.07, 6.45) is 6.36. The van der Waals surface area contributed by atoms with Crippen LogP contribution >= 0.6 is 0 Å². The van der Waals surface area contributed by atoms with Gasteiger partial charge < -0.3 is 10.2 Å². The maximum Gasteiger partial charge on any atom is 0.139 e. The molecule has 1 aromatic rings. The van der Waals surface area contributed by atoms with Gasteiger partial charge in [0.25, 0.3) is 0 Å². The molecule has 5 aliphatic rings. The molecule has 0 radical (unpaired) electrons. The fraction of sp³-hybridized carbons (Fsp3) is 0.682. The van der Waals surface area contributed by atoms with Crippen LogP contribution in [-0.2, 0) is 16.6 Å². The quantitative estimate of drug-likeness (QED) is 0.857. The van der Waals surface area contributed by atoms with Crippen LogP contribution in [0, 0.1) is 17.3 Å². The predicted molar refractivity (Wildman–Crippen MR) is 97.0 cm³/mol. The highest BCUT2D eigenvalue weighted by Gasteiger charge is 2.70. The maximum absolute atomic E-state index is 13.0. The Morgan fingerprint density at radius 2 is 2.08 bits per heavy atom. The van der Waals surface area contributed by atoms with Crippen LogP contribution in [0.4, 0.5) is 0 Å². The molecule has 3 saturated carbocycles. The number of benzene rings is 1. The zero-order chi connectivity index (χ0) is 17.7. The number of phenols is 1. The summed E-state index contributed by atoms with van der Waals surface area (Å²) in [4.78, 5) is 15.6. The monoisotopic (exact) mass is 353 g/mol. The lowest BCUT2D eigenvalue weighted by atomic mass is 9.44. The van der Waals surface area contributed by atoms with E-state index in [9.17, 15) is 15.0 Å². The smallest absolute Gasteiger partial charge is 0.139 e. The van der Waals surface area contributed by atoms with Gasteiger partial charge in [0.05, 0.1) is 6.10 Å². The Morgan fingerprint density at radius 1 is 1.23 bits per heavy atom. The van der Waals surface area contributed by atoms with E-state index in [1.54, 1.807) is 6.07 Å². The summed E-state index contributed by atoms with van der Waals surface area (Å²) >= 11 is 0. The van der Waals surface area contributed by atoms with E-state index in [0.717, 1.165) is 44.7 Å². The number of ketones is 1. The van der Waals surface area contributed by atoms with E-state index in [1.807, 2.05) is 6.07 Å². The molecule has 1 aromatic carbocycles. The molecule has 138 valence electrons. The summed E-state index contributed by atoms with van der Waals surface area (Å²) in [6, 6.07) is 6.19. The number of Topliss-reactive ketones (excluding diaryl/α,β-unsaturated/α-hetero) is 1. The van der Waals surface area contributed by atoms with E-state index in [-0.39, 0.29) is 22.5 Å². The molecule has 0 aromatic heterocycles. The van der Waals surface area contributed by atoms with E-state index in [0.29, 0.717) is 18.2 Å². The van der Waals surface area contributed by atoms with Gasteiger partial charge >= 0.3 is 0 Å². The van der Waals surface area contributed by atoms with Gasteiger partial charge in [-0.25, -0.2) is 0 Å². The highest BCUT2D eigenvalue weighted by atomic mass is 16.3. The second kappa shape index (κ2) is 4.90. The third kappa shape index (κ3) is 1.80. The Bertz CT molecular complexity index is 803. The van der Waals surface area contributed by atoms with Crippen LogP contribution in [0.2, 0.25) is 0 Å². The third-order valence-electron chi connectivity index (χ3n) is 8.57. The second-order valence-electron chi connectivity index (χ2n) is 9.72. The van der Waals surface area contributed by atoms with Crippen LogP contribution in [0.1, 0.15) is 49.7 Å². The summed E-state index contributed by atoms with van der Waals surface area (Å²) in [6.45, 7) is 2.18. The van der Waals surface area contributed by atoms with Gasteiger partial charge in [0, 0.05) is 35.8 Å². The first kappa shape index (κ1) is 15.6. The number of nitrogens with zero attached hydrogens (tertiary/aromatic N) is 1. The highest BCUT2D eigenvalue weighted by Crippen LogP contribution is 2.68. The second-order valence-corrected chi connectivity index (χ2v) is 9.72. The van der Waals surface area contributed by atoms with Crippen molar-refractivity contribution in [2.24, 2.45) is 17.3 Å². The first-order chi connectivity index (χ1) is 12.5. The van der Waals surface area contributed by atoms with Gasteiger partial charge in [-0.2, -0.15) is 0 Å². The number of hydrogen-bond donors (Lipinski definition) is 2. The lowest BCUT2D eigenvalue weighted by Crippen LogP contribution is -2.70. The van der Waals surface area contributed by atoms with Crippen molar-refractivity contribution in [2.45, 2.75) is 62.5 Å². The molecule has 4 heteroatoms. The molecule has 26 heavy (non-hydrogen) atoms. The summed E-state index contributed by atoms with van der Waals surface area (Å²) in [5.41, 5.74) is 2.50. The van der Waals surface area contributed by atoms with Crippen LogP contribution < -0.4 is 0 Å². The molecule has 6 rings (SSSR count). The van der Waals surface area contributed by atoms with Gasteiger partial charge in [0.15, 0.2) is 0 Å². The summed E-state index contributed by atoms with van der Waals surface area (Å²) in [5, 5.41) is 20.9. The number of likely N-dealkylation sites (tertiary alicyclic amines) is 1. The molecule has 1 heterocycles. The average Bonchev–Trinajstić information content (AvgIpc) is 3.38. The molecule has 2 bridgehead atoms. The summed E-state index contributed by atoms with van der Waals surface area (Å²) in [7, 11) is 0. The average molecular weight is 353 g/mol. The van der Waals surface area contributed by atoms with Crippen molar-refractivity contribution in [1.29, 1.82) is 0 Å². The largest absolute Gasteiger partial charge is 0.508 e. The third-order valence-corrected chi connectivity index (χ3v) is 8.57. The van der Waals surface area contributed by atoms with Gasteiger partial charge in [0.2, 0.25) is 0 Å². The van der Waals surface area contributed by atoms with Crippen LogP contribution in [-0.4, -0.2) is 46.1 Å². The SMILES string of the molecule is O=C1C[C@@]23CCN(CC4CC4)[C@@H]4C[C@@H](O)[C@H]1C[C@]42Cc1ccc(O)cc13. The molecule has 1 saturated heterocycles. The maximum atomic E-state index is 13.0. The number of aliphatic hydroxyl groups is 1. The van der Waals surface area contributed by atoms with E-state index in [2.05, 4.69) is 11.0 Å². The molecular formula is C22H27NO3. The zero-order valence-electron chi connectivity index (χ0n) is 15.2. The van der Waals surface area contributed by atoms with Crippen molar-refractivity contribution in [3.63, 3.8) is 0 Å². The number of piperidine rings is 1. The standard InChI is InChI=1S/C22H27NO3/c24-15-4-3-14-9-22-10-16-18(25)8-20(22)23(12-13-1-2-13)6-5-21(22,11-19(16)26)17(14)7-15/h3-4,7,13,16,18,20,24-25H,1-2,5-6,8-12H2/t16-,18-,20-,21-,22-/m1/s1. The number of aromatic hydroxyl groups is 1. The van der Waals surface area contributed by atoms with E-state index in [4.69, 9.17) is 0 Å². The molecule has 4 aliphatic carbocycles. The number of fused-ring (bicyclic) bond motifs is 2. The van der Waals surface area contributed by atoms with Crippen LogP contribution in [0.25, 0.3) is 0 Å². The fourth-order valence-corrected chi connectivity index (χ4v) is 7.27. The van der Waals surface area contributed by atoms with Crippen molar-refractivity contribution in [3.8, 4) is 5.75 Å². The lowest BCUT2D eigenvalue weighted by molar-refractivity contribution is -0.169. The Kier molecular flexibility index (Phi) is 2.95. The lowest BCUT2D eigenvalue weighted by Gasteiger charge is -2.65. The first-order valence-corrected chi connectivity index (χ1v) is 10.3. The minimum absolute atomic E-state index is 0.0636. The number of rotatable bonds is 2. The van der Waals surface area contributed by atoms with Crippen LogP contribution in [0.5, 0.6) is 5.75 Å². The molecular weight excluding hydrogens is 326 g/mol. The topological polar surface area (TPSA) is 60.8 Å². The first-order valence-electron chi connectivity index (χ1n) is 10.3. The van der Waals surface area contributed by atoms with E-state index >= 15 is 0 Å². The van der Waals surface area contributed by atoms with Gasteiger partial charge in [-0.05, 0) is 74.2 Å². The number of carbonyl (C=O) groups is 1. The molecule has 4 nitrogen and oxygen atoms in total. The van der Waals surface area contributed by atoms with Crippen molar-refractivity contribution < 1.29 is 15.0 Å². The Labute approximate surface area is 154 Å². The normalized spacial score (nSPS) is 43.9. The van der Waals surface area contributed by atoms with Crippen LogP contribution in [0.15, 0.2) is 18.2 Å². The zero-order valence-corrected chi connectivity index (χ0v) is 15.2. The van der Waals surface area contributed by atoms with Crippen molar-refractivity contribution in [2.75, 3.05) is 13.1 Å².